The van der Waals surface area contributed by atoms with Gasteiger partial charge in [0.15, 0.2) is 18.9 Å². The van der Waals surface area contributed by atoms with Gasteiger partial charge in [-0.15, -0.1) is 0 Å². The van der Waals surface area contributed by atoms with Crippen LogP contribution < -0.4 is 4.57 Å². The first-order valence-electron chi connectivity index (χ1n) is 5.03. The van der Waals surface area contributed by atoms with Gasteiger partial charge in [-0.25, -0.2) is 4.57 Å². The second-order valence-electron chi connectivity index (χ2n) is 3.42. The number of rotatable bonds is 6. The number of aryl methyl sites for hydroxylation is 2. The highest BCUT2D eigenvalue weighted by Crippen LogP contribution is 1.99. The SMILES string of the molecule is O=C(O)CCc1cc[n+](CCCO)cc1. The lowest BCUT2D eigenvalue weighted by Crippen LogP contribution is -2.33. The molecule has 1 aromatic heterocycles. The number of carboxylic acid groups (broad SMARTS) is 1. The fraction of sp³-hybridized carbons (Fsp3) is 0.455. The van der Waals surface area contributed by atoms with Gasteiger partial charge in [0.1, 0.15) is 0 Å². The quantitative estimate of drug-likeness (QED) is 0.667. The molecule has 0 unspecified atom stereocenters. The van der Waals surface area contributed by atoms with E-state index in [4.69, 9.17) is 10.2 Å². The molecule has 0 aliphatic rings. The van der Waals surface area contributed by atoms with E-state index in [0.29, 0.717) is 6.42 Å². The normalized spacial score (nSPS) is 10.2. The molecule has 0 fully saturated rings. The first-order chi connectivity index (χ1) is 7.22. The Labute approximate surface area is 88.8 Å². The van der Waals surface area contributed by atoms with Crippen LogP contribution in [0, 0.1) is 0 Å². The van der Waals surface area contributed by atoms with Crippen LogP contribution in [0.15, 0.2) is 24.5 Å². The maximum absolute atomic E-state index is 10.3. The van der Waals surface area contributed by atoms with Crippen molar-refractivity contribution >= 4 is 5.97 Å². The predicted octanol–water partition coefficient (Wildman–Crippen LogP) is 0.374. The number of aliphatic hydroxyl groups is 1. The van der Waals surface area contributed by atoms with Crippen LogP contribution in [0.5, 0.6) is 0 Å². The summed E-state index contributed by atoms with van der Waals surface area (Å²) in [7, 11) is 0. The van der Waals surface area contributed by atoms with Crippen LogP contribution in [0.2, 0.25) is 0 Å². The highest BCUT2D eigenvalue weighted by molar-refractivity contribution is 5.67. The minimum absolute atomic E-state index is 0.167. The van der Waals surface area contributed by atoms with E-state index >= 15 is 0 Å². The third-order valence-corrected chi connectivity index (χ3v) is 2.16. The first-order valence-corrected chi connectivity index (χ1v) is 5.03. The van der Waals surface area contributed by atoms with Crippen molar-refractivity contribution in [3.63, 3.8) is 0 Å². The largest absolute Gasteiger partial charge is 0.481 e. The van der Waals surface area contributed by atoms with Gasteiger partial charge >= 0.3 is 5.97 Å². The maximum Gasteiger partial charge on any atom is 0.303 e. The van der Waals surface area contributed by atoms with Gasteiger partial charge in [-0.2, -0.15) is 0 Å². The Bertz CT molecular complexity index is 308. The lowest BCUT2D eigenvalue weighted by atomic mass is 10.1. The van der Waals surface area contributed by atoms with Crippen molar-refractivity contribution in [2.24, 2.45) is 0 Å². The lowest BCUT2D eigenvalue weighted by molar-refractivity contribution is -0.697. The number of aromatic nitrogens is 1. The molecule has 0 aliphatic carbocycles. The average molecular weight is 210 g/mol. The van der Waals surface area contributed by atoms with E-state index in [2.05, 4.69) is 0 Å². The molecule has 0 aromatic carbocycles. The van der Waals surface area contributed by atoms with E-state index in [-0.39, 0.29) is 13.0 Å². The number of hydrogen-bond donors (Lipinski definition) is 2. The number of pyridine rings is 1. The highest BCUT2D eigenvalue weighted by atomic mass is 16.4. The summed E-state index contributed by atoms with van der Waals surface area (Å²) in [5.74, 6) is -0.771. The molecule has 0 saturated heterocycles. The van der Waals surface area contributed by atoms with Gasteiger partial charge in [-0.3, -0.25) is 4.79 Å². The zero-order chi connectivity index (χ0) is 11.1. The van der Waals surface area contributed by atoms with E-state index < -0.39 is 5.97 Å². The smallest absolute Gasteiger partial charge is 0.303 e. The number of aliphatic carboxylic acids is 1. The van der Waals surface area contributed by atoms with Gasteiger partial charge in [0.25, 0.3) is 0 Å². The molecule has 0 saturated carbocycles. The molecule has 2 N–H and O–H groups in total. The molecule has 4 nitrogen and oxygen atoms in total. The molecule has 0 bridgehead atoms. The molecule has 0 amide bonds. The fourth-order valence-electron chi connectivity index (χ4n) is 1.31. The molecule has 1 heterocycles. The molecular weight excluding hydrogens is 194 g/mol. The Morgan fingerprint density at radius 2 is 2.00 bits per heavy atom. The maximum atomic E-state index is 10.3. The number of hydrogen-bond acceptors (Lipinski definition) is 2. The van der Waals surface area contributed by atoms with Gasteiger partial charge < -0.3 is 10.2 Å². The van der Waals surface area contributed by atoms with E-state index in [1.54, 1.807) is 0 Å². The van der Waals surface area contributed by atoms with Crippen molar-refractivity contribution in [2.75, 3.05) is 6.61 Å². The summed E-state index contributed by atoms with van der Waals surface area (Å²) in [5.41, 5.74) is 1.03. The average Bonchev–Trinajstić information content (AvgIpc) is 2.25. The van der Waals surface area contributed by atoms with Crippen molar-refractivity contribution in [1.82, 2.24) is 0 Å². The Morgan fingerprint density at radius 1 is 1.33 bits per heavy atom. The summed E-state index contributed by atoms with van der Waals surface area (Å²) in [6.07, 6.45) is 5.29. The van der Waals surface area contributed by atoms with Gasteiger partial charge in [0.05, 0.1) is 0 Å². The van der Waals surface area contributed by atoms with E-state index in [1.165, 1.54) is 0 Å². The zero-order valence-electron chi connectivity index (χ0n) is 8.59. The van der Waals surface area contributed by atoms with Crippen molar-refractivity contribution in [1.29, 1.82) is 0 Å². The van der Waals surface area contributed by atoms with Crippen LogP contribution in [0.25, 0.3) is 0 Å². The van der Waals surface area contributed by atoms with Crippen molar-refractivity contribution in [2.45, 2.75) is 25.8 Å². The molecule has 0 spiro atoms. The molecule has 15 heavy (non-hydrogen) atoms. The zero-order valence-corrected chi connectivity index (χ0v) is 8.59. The van der Waals surface area contributed by atoms with Crippen LogP contribution in [0.4, 0.5) is 0 Å². The molecule has 4 heteroatoms. The third kappa shape index (κ3) is 4.56. The first kappa shape index (κ1) is 11.7. The van der Waals surface area contributed by atoms with Gasteiger partial charge in [-0.1, -0.05) is 0 Å². The van der Waals surface area contributed by atoms with Gasteiger partial charge in [0.2, 0.25) is 0 Å². The molecule has 1 rings (SSSR count). The van der Waals surface area contributed by atoms with Gasteiger partial charge in [0, 0.05) is 31.6 Å². The second-order valence-corrected chi connectivity index (χ2v) is 3.42. The minimum atomic E-state index is -0.771. The van der Waals surface area contributed by atoms with Crippen LogP contribution in [-0.2, 0) is 17.8 Å². The Hall–Kier alpha value is -1.42. The van der Waals surface area contributed by atoms with Crippen molar-refractivity contribution in [3.8, 4) is 0 Å². The second kappa shape index (κ2) is 6.14. The summed E-state index contributed by atoms with van der Waals surface area (Å²) in [4.78, 5) is 10.3. The number of nitrogens with zero attached hydrogens (tertiary/aromatic N) is 1. The highest BCUT2D eigenvalue weighted by Gasteiger charge is 2.02. The minimum Gasteiger partial charge on any atom is -0.481 e. The number of carboxylic acids is 1. The van der Waals surface area contributed by atoms with Crippen LogP contribution in [0.1, 0.15) is 18.4 Å². The monoisotopic (exact) mass is 210 g/mol. The summed E-state index contributed by atoms with van der Waals surface area (Å²) in [6.45, 7) is 0.976. The van der Waals surface area contributed by atoms with Crippen LogP contribution in [-0.4, -0.2) is 22.8 Å². The summed E-state index contributed by atoms with van der Waals surface area (Å²) in [6, 6.07) is 3.83. The summed E-state index contributed by atoms with van der Waals surface area (Å²) in [5, 5.41) is 17.2. The van der Waals surface area contributed by atoms with E-state index in [1.807, 2.05) is 29.1 Å². The van der Waals surface area contributed by atoms with Gasteiger partial charge in [-0.05, 0) is 12.0 Å². The topological polar surface area (TPSA) is 61.4 Å². The number of carbonyl (C=O) groups is 1. The molecule has 0 atom stereocenters. The Kier molecular flexibility index (Phi) is 4.77. The van der Waals surface area contributed by atoms with Crippen LogP contribution >= 0.6 is 0 Å². The van der Waals surface area contributed by atoms with E-state index in [0.717, 1.165) is 18.5 Å². The third-order valence-electron chi connectivity index (χ3n) is 2.16. The van der Waals surface area contributed by atoms with E-state index in [9.17, 15) is 4.79 Å². The Balaban J connectivity index is 2.45. The molecule has 0 aliphatic heterocycles. The van der Waals surface area contributed by atoms with Crippen molar-refractivity contribution in [3.05, 3.63) is 30.1 Å². The fourth-order valence-corrected chi connectivity index (χ4v) is 1.31. The summed E-state index contributed by atoms with van der Waals surface area (Å²) < 4.78 is 1.97. The predicted molar refractivity (Wildman–Crippen MR) is 54.3 cm³/mol. The standard InChI is InChI=1S/C11H15NO3/c13-9-1-6-12-7-4-10(5-8-12)2-3-11(14)15/h4-5,7-8,13H,1-3,6,9H2/p+1. The summed E-state index contributed by atoms with van der Waals surface area (Å²) >= 11 is 0. The van der Waals surface area contributed by atoms with Crippen molar-refractivity contribution < 1.29 is 19.6 Å². The number of aliphatic hydroxyl groups excluding tert-OH is 1. The molecule has 1 aromatic rings. The lowest BCUT2D eigenvalue weighted by Gasteiger charge is -1.98. The molecular formula is C11H16NO3+. The Morgan fingerprint density at radius 3 is 2.53 bits per heavy atom. The van der Waals surface area contributed by atoms with Crippen LogP contribution in [0.3, 0.4) is 0 Å². The molecule has 0 radical (unpaired) electrons. The molecule has 82 valence electrons.